The first-order valence-electron chi connectivity index (χ1n) is 6.66. The second-order valence-electron chi connectivity index (χ2n) is 4.80. The summed E-state index contributed by atoms with van der Waals surface area (Å²) >= 11 is 1.65. The van der Waals surface area contributed by atoms with E-state index in [1.807, 2.05) is 66.2 Å². The van der Waals surface area contributed by atoms with Gasteiger partial charge >= 0.3 is 5.97 Å². The fourth-order valence-electron chi connectivity index (χ4n) is 2.52. The molecule has 0 amide bonds. The number of aryl methyl sites for hydroxylation is 1. The largest absolute Gasteiger partial charge is 0.478 e. The number of carboxylic acids is 1. The van der Waals surface area contributed by atoms with Gasteiger partial charge in [0.05, 0.1) is 5.56 Å². The molecule has 3 aromatic rings. The monoisotopic (exact) mass is 297 g/mol. The summed E-state index contributed by atoms with van der Waals surface area (Å²) < 4.78 is 1.98. The average Bonchev–Trinajstić information content (AvgIpc) is 2.79. The minimum atomic E-state index is -0.865. The van der Waals surface area contributed by atoms with Crippen LogP contribution in [0.25, 0.3) is 10.9 Å². The lowest BCUT2D eigenvalue weighted by molar-refractivity contribution is 0.0698. The van der Waals surface area contributed by atoms with E-state index in [0.29, 0.717) is 11.3 Å². The summed E-state index contributed by atoms with van der Waals surface area (Å²) in [4.78, 5) is 12.8. The van der Waals surface area contributed by atoms with Crippen LogP contribution in [-0.4, -0.2) is 15.6 Å². The molecule has 1 aromatic heterocycles. The van der Waals surface area contributed by atoms with E-state index < -0.39 is 5.97 Å². The Morgan fingerprint density at radius 1 is 1.10 bits per heavy atom. The molecule has 3 nitrogen and oxygen atoms in total. The van der Waals surface area contributed by atoms with Gasteiger partial charge < -0.3 is 9.67 Å². The quantitative estimate of drug-likeness (QED) is 0.735. The van der Waals surface area contributed by atoms with E-state index in [9.17, 15) is 9.90 Å². The zero-order chi connectivity index (χ0) is 14.8. The minimum absolute atomic E-state index is 0.413. The Labute approximate surface area is 127 Å². The number of fused-ring (bicyclic) bond motifs is 1. The minimum Gasteiger partial charge on any atom is -0.478 e. The normalized spacial score (nSPS) is 10.9. The lowest BCUT2D eigenvalue weighted by Crippen LogP contribution is -2.03. The number of rotatable bonds is 4. The highest BCUT2D eigenvalue weighted by Gasteiger charge is 2.20. The van der Waals surface area contributed by atoms with Crippen LogP contribution in [0.1, 0.15) is 16.1 Å². The maximum Gasteiger partial charge on any atom is 0.338 e. The molecule has 0 aliphatic carbocycles. The zero-order valence-corrected chi connectivity index (χ0v) is 12.4. The van der Waals surface area contributed by atoms with Crippen molar-refractivity contribution in [2.75, 3.05) is 0 Å². The first-order chi connectivity index (χ1) is 10.2. The van der Waals surface area contributed by atoms with Crippen LogP contribution in [0.15, 0.2) is 59.5 Å². The maximum absolute atomic E-state index is 11.6. The highest BCUT2D eigenvalue weighted by Crippen LogP contribution is 2.30. The Bertz CT molecular complexity index is 793. The third kappa shape index (κ3) is 2.54. The van der Waals surface area contributed by atoms with E-state index >= 15 is 0 Å². The molecule has 0 saturated carbocycles. The van der Waals surface area contributed by atoms with Gasteiger partial charge in [0.15, 0.2) is 0 Å². The predicted octanol–water partition coefficient (Wildman–Crippen LogP) is 4.17. The number of aromatic nitrogens is 1. The van der Waals surface area contributed by atoms with Gasteiger partial charge in [-0.1, -0.05) is 36.4 Å². The van der Waals surface area contributed by atoms with Crippen molar-refractivity contribution < 1.29 is 9.90 Å². The lowest BCUT2D eigenvalue weighted by Gasteiger charge is -2.06. The molecule has 0 unspecified atom stereocenters. The molecule has 0 saturated heterocycles. The van der Waals surface area contributed by atoms with Crippen LogP contribution in [0.4, 0.5) is 0 Å². The Morgan fingerprint density at radius 2 is 1.76 bits per heavy atom. The summed E-state index contributed by atoms with van der Waals surface area (Å²) in [6.07, 6.45) is 0. The molecule has 106 valence electrons. The molecule has 0 radical (unpaired) electrons. The molecule has 0 atom stereocenters. The lowest BCUT2D eigenvalue weighted by atomic mass is 10.1. The van der Waals surface area contributed by atoms with Crippen molar-refractivity contribution in [1.29, 1.82) is 0 Å². The van der Waals surface area contributed by atoms with Gasteiger partial charge in [-0.2, -0.15) is 0 Å². The number of carboxylic acid groups (broad SMARTS) is 1. The van der Waals surface area contributed by atoms with Crippen LogP contribution in [-0.2, 0) is 12.8 Å². The fourth-order valence-corrected chi connectivity index (χ4v) is 3.51. The smallest absolute Gasteiger partial charge is 0.338 e. The summed E-state index contributed by atoms with van der Waals surface area (Å²) in [5.41, 5.74) is 2.22. The first kappa shape index (κ1) is 13.8. The second kappa shape index (κ2) is 5.66. The average molecular weight is 297 g/mol. The number of hydrogen-bond acceptors (Lipinski definition) is 2. The number of nitrogens with zero attached hydrogens (tertiary/aromatic N) is 1. The van der Waals surface area contributed by atoms with Crippen LogP contribution < -0.4 is 0 Å². The van der Waals surface area contributed by atoms with Crippen LogP contribution in [0.5, 0.6) is 0 Å². The van der Waals surface area contributed by atoms with Crippen molar-refractivity contribution in [2.45, 2.75) is 10.6 Å². The number of carbonyl (C=O) groups is 1. The molecule has 1 N–H and O–H groups in total. The van der Waals surface area contributed by atoms with Gasteiger partial charge in [0.25, 0.3) is 0 Å². The molecule has 0 bridgehead atoms. The van der Waals surface area contributed by atoms with Crippen LogP contribution >= 0.6 is 11.8 Å². The van der Waals surface area contributed by atoms with Gasteiger partial charge in [-0.05, 0) is 18.2 Å². The number of hydrogen-bond donors (Lipinski definition) is 1. The molecular weight excluding hydrogens is 282 g/mol. The van der Waals surface area contributed by atoms with Crippen LogP contribution in [0.3, 0.4) is 0 Å². The van der Waals surface area contributed by atoms with E-state index in [-0.39, 0.29) is 0 Å². The van der Waals surface area contributed by atoms with Crippen LogP contribution in [0.2, 0.25) is 0 Å². The van der Waals surface area contributed by atoms with E-state index in [0.717, 1.165) is 21.5 Å². The van der Waals surface area contributed by atoms with Gasteiger partial charge in [-0.25, -0.2) is 4.79 Å². The Hall–Kier alpha value is -2.20. The number of benzene rings is 2. The van der Waals surface area contributed by atoms with Crippen molar-refractivity contribution in [2.24, 2.45) is 7.05 Å². The summed E-state index contributed by atoms with van der Waals surface area (Å²) in [5, 5.41) is 10.4. The first-order valence-corrected chi connectivity index (χ1v) is 7.64. The number of aromatic carboxylic acids is 1. The second-order valence-corrected chi connectivity index (χ2v) is 5.85. The topological polar surface area (TPSA) is 42.2 Å². The van der Waals surface area contributed by atoms with Gasteiger partial charge in [0.1, 0.15) is 0 Å². The molecule has 1 heterocycles. The standard InChI is InChI=1S/C17H15NO2S/c1-18-14-10-6-5-9-13(14)16(17(19)20)15(18)11-21-12-7-3-2-4-8-12/h2-10H,11H2,1H3,(H,19,20). The Morgan fingerprint density at radius 3 is 2.48 bits per heavy atom. The van der Waals surface area contributed by atoms with Gasteiger partial charge in [0.2, 0.25) is 0 Å². The van der Waals surface area contributed by atoms with Gasteiger partial charge in [-0.15, -0.1) is 11.8 Å². The molecule has 0 aliphatic rings. The molecule has 2 aromatic carbocycles. The number of thioether (sulfide) groups is 1. The van der Waals surface area contributed by atoms with Crippen molar-refractivity contribution in [1.82, 2.24) is 4.57 Å². The van der Waals surface area contributed by atoms with Crippen molar-refractivity contribution in [3.05, 3.63) is 65.9 Å². The highest BCUT2D eigenvalue weighted by atomic mass is 32.2. The Balaban J connectivity index is 2.03. The number of para-hydroxylation sites is 1. The van der Waals surface area contributed by atoms with Gasteiger partial charge in [-0.3, -0.25) is 0 Å². The van der Waals surface area contributed by atoms with Crippen molar-refractivity contribution in [3.8, 4) is 0 Å². The fraction of sp³-hybridized carbons (Fsp3) is 0.118. The van der Waals surface area contributed by atoms with Crippen molar-refractivity contribution >= 4 is 28.6 Å². The summed E-state index contributed by atoms with van der Waals surface area (Å²) in [5.74, 6) is -0.230. The van der Waals surface area contributed by atoms with E-state index in [1.165, 1.54) is 0 Å². The van der Waals surface area contributed by atoms with E-state index in [1.54, 1.807) is 11.8 Å². The molecule has 0 fully saturated rings. The third-order valence-corrected chi connectivity index (χ3v) is 4.58. The molecule has 0 aliphatic heterocycles. The summed E-state index contributed by atoms with van der Waals surface area (Å²) in [7, 11) is 1.93. The summed E-state index contributed by atoms with van der Waals surface area (Å²) in [6, 6.07) is 17.7. The molecule has 21 heavy (non-hydrogen) atoms. The Kier molecular flexibility index (Phi) is 3.71. The maximum atomic E-state index is 11.6. The highest BCUT2D eigenvalue weighted by molar-refractivity contribution is 7.98. The van der Waals surface area contributed by atoms with E-state index in [2.05, 4.69) is 0 Å². The van der Waals surface area contributed by atoms with E-state index in [4.69, 9.17) is 0 Å². The molecule has 0 spiro atoms. The summed E-state index contributed by atoms with van der Waals surface area (Å²) in [6.45, 7) is 0. The van der Waals surface area contributed by atoms with Gasteiger partial charge in [0, 0.05) is 34.3 Å². The SMILES string of the molecule is Cn1c(CSc2ccccc2)c(C(=O)O)c2ccccc21. The van der Waals surface area contributed by atoms with Crippen LogP contribution in [0, 0.1) is 0 Å². The predicted molar refractivity (Wildman–Crippen MR) is 85.9 cm³/mol. The molecule has 3 rings (SSSR count). The molecule has 4 heteroatoms. The zero-order valence-electron chi connectivity index (χ0n) is 11.6. The molecular formula is C17H15NO2S. The third-order valence-electron chi connectivity index (χ3n) is 3.56. The van der Waals surface area contributed by atoms with Crippen molar-refractivity contribution in [3.63, 3.8) is 0 Å².